The fourth-order valence-corrected chi connectivity index (χ4v) is 2.26. The van der Waals surface area contributed by atoms with Crippen molar-refractivity contribution >= 4 is 15.9 Å². The highest BCUT2D eigenvalue weighted by atomic mass is 79.9. The molecule has 0 aliphatic heterocycles. The SMILES string of the molecule is O[C@@H](c1ccccc1)[C@H](Br)c1ccc(F)cc1. The first-order chi connectivity index (χ1) is 8.18. The Morgan fingerprint density at radius 2 is 1.47 bits per heavy atom. The van der Waals surface area contributed by atoms with Crippen molar-refractivity contribution in [2.45, 2.75) is 10.9 Å². The second-order valence-corrected chi connectivity index (χ2v) is 4.80. The summed E-state index contributed by atoms with van der Waals surface area (Å²) in [7, 11) is 0. The van der Waals surface area contributed by atoms with Gasteiger partial charge in [0.25, 0.3) is 0 Å². The number of alkyl halides is 1. The van der Waals surface area contributed by atoms with Crippen LogP contribution in [0, 0.1) is 5.82 Å². The molecular weight excluding hydrogens is 283 g/mol. The highest BCUT2D eigenvalue weighted by molar-refractivity contribution is 9.09. The van der Waals surface area contributed by atoms with E-state index < -0.39 is 6.10 Å². The molecule has 1 N–H and O–H groups in total. The maximum Gasteiger partial charge on any atom is 0.123 e. The molecule has 17 heavy (non-hydrogen) atoms. The molecule has 2 aromatic rings. The van der Waals surface area contributed by atoms with Crippen LogP contribution in [0.25, 0.3) is 0 Å². The summed E-state index contributed by atoms with van der Waals surface area (Å²) in [6.07, 6.45) is -0.651. The van der Waals surface area contributed by atoms with E-state index in [0.717, 1.165) is 11.1 Å². The Bertz CT molecular complexity index is 469. The van der Waals surface area contributed by atoms with Gasteiger partial charge in [-0.3, -0.25) is 0 Å². The highest BCUT2D eigenvalue weighted by Gasteiger charge is 2.19. The predicted octanol–water partition coefficient (Wildman–Crippen LogP) is 4.00. The molecule has 88 valence electrons. The molecule has 0 aliphatic carbocycles. The fourth-order valence-electron chi connectivity index (χ4n) is 1.65. The van der Waals surface area contributed by atoms with Crippen molar-refractivity contribution in [1.29, 1.82) is 0 Å². The summed E-state index contributed by atoms with van der Waals surface area (Å²) in [5.74, 6) is -0.275. The van der Waals surface area contributed by atoms with Gasteiger partial charge in [0.15, 0.2) is 0 Å². The number of benzene rings is 2. The molecule has 0 amide bonds. The molecule has 3 heteroatoms. The lowest BCUT2D eigenvalue weighted by Crippen LogP contribution is -2.05. The molecule has 0 radical (unpaired) electrons. The van der Waals surface area contributed by atoms with Crippen LogP contribution in [0.2, 0.25) is 0 Å². The molecule has 0 aromatic heterocycles. The van der Waals surface area contributed by atoms with Gasteiger partial charge >= 0.3 is 0 Å². The van der Waals surface area contributed by atoms with Crippen LogP contribution in [0.15, 0.2) is 54.6 Å². The van der Waals surface area contributed by atoms with E-state index in [1.54, 1.807) is 12.1 Å². The third kappa shape index (κ3) is 2.93. The Morgan fingerprint density at radius 3 is 2.06 bits per heavy atom. The lowest BCUT2D eigenvalue weighted by molar-refractivity contribution is 0.177. The standard InChI is InChI=1S/C14H12BrFO/c15-13(10-6-8-12(16)9-7-10)14(17)11-4-2-1-3-5-11/h1-9,13-14,17H/t13-,14+/m1/s1. The topological polar surface area (TPSA) is 20.2 Å². The van der Waals surface area contributed by atoms with Gasteiger partial charge in [-0.1, -0.05) is 58.4 Å². The number of rotatable bonds is 3. The molecule has 0 heterocycles. The summed E-state index contributed by atoms with van der Waals surface area (Å²) in [5, 5.41) is 10.2. The summed E-state index contributed by atoms with van der Waals surface area (Å²) in [6, 6.07) is 15.5. The van der Waals surface area contributed by atoms with E-state index in [9.17, 15) is 9.50 Å². The number of halogens is 2. The van der Waals surface area contributed by atoms with Gasteiger partial charge in [0.05, 0.1) is 10.9 Å². The molecule has 0 aliphatic rings. The van der Waals surface area contributed by atoms with E-state index in [0.29, 0.717) is 0 Å². The minimum absolute atomic E-state index is 0.245. The lowest BCUT2D eigenvalue weighted by Gasteiger charge is -2.18. The maximum atomic E-state index is 12.8. The zero-order valence-corrected chi connectivity index (χ0v) is 10.6. The molecule has 0 saturated heterocycles. The van der Waals surface area contributed by atoms with Crippen molar-refractivity contribution < 1.29 is 9.50 Å². The number of aliphatic hydroxyl groups excluding tert-OH is 1. The molecule has 0 bridgehead atoms. The second-order valence-electron chi connectivity index (χ2n) is 3.81. The molecular formula is C14H12BrFO. The first-order valence-corrected chi connectivity index (χ1v) is 6.22. The molecule has 0 unspecified atom stereocenters. The zero-order valence-electron chi connectivity index (χ0n) is 9.05. The van der Waals surface area contributed by atoms with E-state index >= 15 is 0 Å². The zero-order chi connectivity index (χ0) is 12.3. The van der Waals surface area contributed by atoms with Crippen molar-refractivity contribution in [3.63, 3.8) is 0 Å². The highest BCUT2D eigenvalue weighted by Crippen LogP contribution is 2.35. The minimum Gasteiger partial charge on any atom is -0.387 e. The van der Waals surface area contributed by atoms with Gasteiger partial charge in [-0.15, -0.1) is 0 Å². The van der Waals surface area contributed by atoms with E-state index in [2.05, 4.69) is 15.9 Å². The predicted molar refractivity (Wildman–Crippen MR) is 69.5 cm³/mol. The van der Waals surface area contributed by atoms with Crippen LogP contribution >= 0.6 is 15.9 Å². The lowest BCUT2D eigenvalue weighted by atomic mass is 10.0. The van der Waals surface area contributed by atoms with Crippen molar-refractivity contribution in [2.75, 3.05) is 0 Å². The van der Waals surface area contributed by atoms with E-state index in [-0.39, 0.29) is 10.6 Å². The van der Waals surface area contributed by atoms with Gasteiger partial charge in [-0.05, 0) is 23.3 Å². The number of hydrogen-bond donors (Lipinski definition) is 1. The first kappa shape index (κ1) is 12.3. The van der Waals surface area contributed by atoms with E-state index in [1.165, 1.54) is 12.1 Å². The third-order valence-electron chi connectivity index (χ3n) is 2.61. The Morgan fingerprint density at radius 1 is 0.882 bits per heavy atom. The summed E-state index contributed by atoms with van der Waals surface area (Å²) in [6.45, 7) is 0. The average Bonchev–Trinajstić information content (AvgIpc) is 2.39. The summed E-state index contributed by atoms with van der Waals surface area (Å²) in [5.41, 5.74) is 1.68. The fraction of sp³-hybridized carbons (Fsp3) is 0.143. The average molecular weight is 295 g/mol. The summed E-state index contributed by atoms with van der Waals surface area (Å²) >= 11 is 3.44. The third-order valence-corrected chi connectivity index (χ3v) is 3.64. The van der Waals surface area contributed by atoms with Crippen molar-refractivity contribution in [3.05, 3.63) is 71.5 Å². The van der Waals surface area contributed by atoms with Gasteiger partial charge < -0.3 is 5.11 Å². The normalized spacial score (nSPS) is 14.3. The van der Waals surface area contributed by atoms with E-state index in [1.807, 2.05) is 30.3 Å². The van der Waals surface area contributed by atoms with Crippen LogP contribution in [0.1, 0.15) is 22.1 Å². The van der Waals surface area contributed by atoms with Crippen LogP contribution in [0.4, 0.5) is 4.39 Å². The molecule has 0 saturated carbocycles. The molecule has 2 atom stereocenters. The van der Waals surface area contributed by atoms with Gasteiger partial charge in [0.2, 0.25) is 0 Å². The Balaban J connectivity index is 2.20. The van der Waals surface area contributed by atoms with Gasteiger partial charge in [-0.25, -0.2) is 4.39 Å². The summed E-state index contributed by atoms with van der Waals surface area (Å²) in [4.78, 5) is -0.245. The Kier molecular flexibility index (Phi) is 3.92. The second kappa shape index (κ2) is 5.43. The van der Waals surface area contributed by atoms with Crippen molar-refractivity contribution in [3.8, 4) is 0 Å². The van der Waals surface area contributed by atoms with Crippen molar-refractivity contribution in [1.82, 2.24) is 0 Å². The molecule has 0 fully saturated rings. The smallest absolute Gasteiger partial charge is 0.123 e. The van der Waals surface area contributed by atoms with Gasteiger partial charge in [0.1, 0.15) is 5.82 Å². The molecule has 2 rings (SSSR count). The Labute approximate surface area is 108 Å². The molecule has 1 nitrogen and oxygen atoms in total. The first-order valence-electron chi connectivity index (χ1n) is 5.31. The Hall–Kier alpha value is -1.19. The van der Waals surface area contributed by atoms with Crippen LogP contribution in [-0.4, -0.2) is 5.11 Å². The molecule has 0 spiro atoms. The number of hydrogen-bond acceptors (Lipinski definition) is 1. The van der Waals surface area contributed by atoms with Gasteiger partial charge in [-0.2, -0.15) is 0 Å². The molecule has 2 aromatic carbocycles. The van der Waals surface area contributed by atoms with Gasteiger partial charge in [0, 0.05) is 0 Å². The maximum absolute atomic E-state index is 12.8. The van der Waals surface area contributed by atoms with E-state index in [4.69, 9.17) is 0 Å². The van der Waals surface area contributed by atoms with Crippen molar-refractivity contribution in [2.24, 2.45) is 0 Å². The van der Waals surface area contributed by atoms with Crippen LogP contribution in [0.5, 0.6) is 0 Å². The largest absolute Gasteiger partial charge is 0.387 e. The monoisotopic (exact) mass is 294 g/mol. The quantitative estimate of drug-likeness (QED) is 0.849. The summed E-state index contributed by atoms with van der Waals surface area (Å²) < 4.78 is 12.8. The van der Waals surface area contributed by atoms with Crippen LogP contribution in [0.3, 0.4) is 0 Å². The van der Waals surface area contributed by atoms with Crippen LogP contribution in [-0.2, 0) is 0 Å². The number of aliphatic hydroxyl groups is 1. The van der Waals surface area contributed by atoms with Crippen LogP contribution < -0.4 is 0 Å². The minimum atomic E-state index is -0.651.